The highest BCUT2D eigenvalue weighted by molar-refractivity contribution is 6.32. The second kappa shape index (κ2) is 5.82. The van der Waals surface area contributed by atoms with E-state index < -0.39 is 0 Å². The molecule has 0 radical (unpaired) electrons. The number of ether oxygens (including phenoxy) is 2. The van der Waals surface area contributed by atoms with Crippen molar-refractivity contribution in [1.29, 1.82) is 0 Å². The Hall–Kier alpha value is -0.930. The van der Waals surface area contributed by atoms with Crippen LogP contribution in [0.5, 0.6) is 11.5 Å². The third kappa shape index (κ3) is 3.39. The molecule has 1 aliphatic heterocycles. The molecule has 0 spiro atoms. The maximum atomic E-state index is 6.38. The number of hydrogen-bond acceptors (Lipinski definition) is 3. The van der Waals surface area contributed by atoms with E-state index in [0.29, 0.717) is 29.9 Å². The average molecular weight is 298 g/mol. The molecule has 1 aromatic rings. The molecular formula is C16H24ClNO2. The molecule has 2 rings (SSSR count). The van der Waals surface area contributed by atoms with Crippen molar-refractivity contribution in [3.8, 4) is 11.5 Å². The predicted molar refractivity (Wildman–Crippen MR) is 83.1 cm³/mol. The topological polar surface area (TPSA) is 44.5 Å². The van der Waals surface area contributed by atoms with Crippen molar-refractivity contribution in [2.24, 2.45) is 5.73 Å². The van der Waals surface area contributed by atoms with E-state index in [9.17, 15) is 0 Å². The summed E-state index contributed by atoms with van der Waals surface area (Å²) in [7, 11) is 0. The van der Waals surface area contributed by atoms with Crippen LogP contribution in [0.1, 0.15) is 51.2 Å². The fraction of sp³-hybridized carbons (Fsp3) is 0.625. The van der Waals surface area contributed by atoms with Gasteiger partial charge in [-0.15, -0.1) is 0 Å². The van der Waals surface area contributed by atoms with Crippen molar-refractivity contribution in [1.82, 2.24) is 0 Å². The Kier molecular flexibility index (Phi) is 4.50. The zero-order valence-electron chi connectivity index (χ0n) is 12.8. The summed E-state index contributed by atoms with van der Waals surface area (Å²) in [4.78, 5) is 0. The largest absolute Gasteiger partial charge is 0.489 e. The third-order valence-corrected chi connectivity index (χ3v) is 3.60. The van der Waals surface area contributed by atoms with Gasteiger partial charge in [0.1, 0.15) is 0 Å². The van der Waals surface area contributed by atoms with Gasteiger partial charge in [-0.25, -0.2) is 0 Å². The van der Waals surface area contributed by atoms with E-state index in [1.807, 2.05) is 19.9 Å². The van der Waals surface area contributed by atoms with E-state index in [-0.39, 0.29) is 5.54 Å². The number of hydrogen-bond donors (Lipinski definition) is 1. The maximum Gasteiger partial charge on any atom is 0.180 e. The predicted octanol–water partition coefficient (Wildman–Crippen LogP) is 3.90. The van der Waals surface area contributed by atoms with E-state index in [1.54, 1.807) is 0 Å². The lowest BCUT2D eigenvalue weighted by Crippen LogP contribution is -2.34. The molecule has 0 bridgehead atoms. The molecule has 2 N–H and O–H groups in total. The van der Waals surface area contributed by atoms with Gasteiger partial charge in [0.15, 0.2) is 11.5 Å². The van der Waals surface area contributed by atoms with E-state index >= 15 is 0 Å². The van der Waals surface area contributed by atoms with Crippen LogP contribution in [0.25, 0.3) is 0 Å². The lowest BCUT2D eigenvalue weighted by Gasteiger charge is -2.25. The summed E-state index contributed by atoms with van der Waals surface area (Å²) in [5.41, 5.74) is 8.22. The minimum absolute atomic E-state index is 0.285. The van der Waals surface area contributed by atoms with Crippen molar-refractivity contribution in [2.75, 3.05) is 13.2 Å². The van der Waals surface area contributed by atoms with Crippen molar-refractivity contribution in [2.45, 2.75) is 52.0 Å². The SMILES string of the molecule is CC(C)c1c(CC(C)(C)N)cc(Cl)c2c1OCCCO2. The molecule has 0 fully saturated rings. The van der Waals surface area contributed by atoms with Gasteiger partial charge in [0.05, 0.1) is 18.2 Å². The summed E-state index contributed by atoms with van der Waals surface area (Å²) in [6.07, 6.45) is 1.64. The van der Waals surface area contributed by atoms with Crippen LogP contribution in [0.2, 0.25) is 5.02 Å². The van der Waals surface area contributed by atoms with Crippen LogP contribution in [0.15, 0.2) is 6.07 Å². The van der Waals surface area contributed by atoms with Gasteiger partial charge >= 0.3 is 0 Å². The number of halogens is 1. The summed E-state index contributed by atoms with van der Waals surface area (Å²) in [6, 6.07) is 1.99. The molecule has 0 saturated heterocycles. The van der Waals surface area contributed by atoms with E-state index in [0.717, 1.165) is 24.2 Å². The second-order valence-corrected chi connectivity index (χ2v) is 6.87. The van der Waals surface area contributed by atoms with Crippen molar-refractivity contribution < 1.29 is 9.47 Å². The van der Waals surface area contributed by atoms with Gasteiger partial charge in [-0.2, -0.15) is 0 Å². The molecular weight excluding hydrogens is 274 g/mol. The quantitative estimate of drug-likeness (QED) is 0.920. The third-order valence-electron chi connectivity index (χ3n) is 3.32. The first kappa shape index (κ1) is 15.5. The van der Waals surface area contributed by atoms with Crippen LogP contribution < -0.4 is 15.2 Å². The van der Waals surface area contributed by atoms with E-state index in [4.69, 9.17) is 26.8 Å². The van der Waals surface area contributed by atoms with Crippen LogP contribution in [0, 0.1) is 0 Å². The molecule has 0 aliphatic carbocycles. The smallest absolute Gasteiger partial charge is 0.180 e. The highest BCUT2D eigenvalue weighted by Gasteiger charge is 2.26. The van der Waals surface area contributed by atoms with Crippen molar-refractivity contribution in [3.05, 3.63) is 22.2 Å². The minimum Gasteiger partial charge on any atom is -0.489 e. The minimum atomic E-state index is -0.285. The molecule has 1 heterocycles. The van der Waals surface area contributed by atoms with Gasteiger partial charge in [0.2, 0.25) is 0 Å². The highest BCUT2D eigenvalue weighted by Crippen LogP contribution is 2.45. The number of fused-ring (bicyclic) bond motifs is 1. The summed E-state index contributed by atoms with van der Waals surface area (Å²) in [6.45, 7) is 9.67. The van der Waals surface area contributed by atoms with Gasteiger partial charge in [-0.05, 0) is 37.8 Å². The number of nitrogens with two attached hydrogens (primary N) is 1. The Bertz CT molecular complexity index is 492. The lowest BCUT2D eigenvalue weighted by molar-refractivity contribution is 0.295. The molecule has 1 aromatic carbocycles. The normalized spacial score (nSPS) is 15.3. The molecule has 3 nitrogen and oxygen atoms in total. The van der Waals surface area contributed by atoms with Crippen LogP contribution in [0.3, 0.4) is 0 Å². The first-order valence-electron chi connectivity index (χ1n) is 7.19. The van der Waals surface area contributed by atoms with E-state index in [1.165, 1.54) is 5.56 Å². The second-order valence-electron chi connectivity index (χ2n) is 6.46. The fourth-order valence-corrected chi connectivity index (χ4v) is 2.90. The monoisotopic (exact) mass is 297 g/mol. The Balaban J connectivity index is 2.57. The zero-order valence-corrected chi connectivity index (χ0v) is 13.5. The Labute approximate surface area is 126 Å². The standard InChI is InChI=1S/C16H24ClNO2/c1-10(2)13-11(9-16(3,4)18)8-12(17)14-15(13)20-7-5-6-19-14/h8,10H,5-7,9,18H2,1-4H3. The number of rotatable bonds is 3. The summed E-state index contributed by atoms with van der Waals surface area (Å²) < 4.78 is 11.7. The Morgan fingerprint density at radius 2 is 1.85 bits per heavy atom. The number of benzene rings is 1. The van der Waals surface area contributed by atoms with Gasteiger partial charge < -0.3 is 15.2 Å². The van der Waals surface area contributed by atoms with Gasteiger partial charge in [-0.1, -0.05) is 25.4 Å². The van der Waals surface area contributed by atoms with Crippen molar-refractivity contribution >= 4 is 11.6 Å². The fourth-order valence-electron chi connectivity index (χ4n) is 2.63. The zero-order chi connectivity index (χ0) is 14.9. The van der Waals surface area contributed by atoms with Crippen LogP contribution in [-0.2, 0) is 6.42 Å². The molecule has 0 aromatic heterocycles. The average Bonchev–Trinajstić information content (AvgIpc) is 2.52. The summed E-state index contributed by atoms with van der Waals surface area (Å²) >= 11 is 6.38. The first-order chi connectivity index (χ1) is 9.29. The highest BCUT2D eigenvalue weighted by atomic mass is 35.5. The summed E-state index contributed by atoms with van der Waals surface area (Å²) in [5, 5.41) is 0.616. The first-order valence-corrected chi connectivity index (χ1v) is 7.57. The Morgan fingerprint density at radius 3 is 2.40 bits per heavy atom. The van der Waals surface area contributed by atoms with E-state index in [2.05, 4.69) is 13.8 Å². The van der Waals surface area contributed by atoms with Gasteiger partial charge in [0, 0.05) is 17.5 Å². The molecule has 0 amide bonds. The molecule has 20 heavy (non-hydrogen) atoms. The van der Waals surface area contributed by atoms with Crippen LogP contribution in [0.4, 0.5) is 0 Å². The molecule has 112 valence electrons. The molecule has 0 saturated carbocycles. The summed E-state index contributed by atoms with van der Waals surface area (Å²) in [5.74, 6) is 1.83. The maximum absolute atomic E-state index is 6.38. The van der Waals surface area contributed by atoms with Crippen LogP contribution >= 0.6 is 11.6 Å². The lowest BCUT2D eigenvalue weighted by atomic mass is 9.88. The van der Waals surface area contributed by atoms with Crippen LogP contribution in [-0.4, -0.2) is 18.8 Å². The van der Waals surface area contributed by atoms with Gasteiger partial charge in [0.25, 0.3) is 0 Å². The van der Waals surface area contributed by atoms with Crippen molar-refractivity contribution in [3.63, 3.8) is 0 Å². The molecule has 0 atom stereocenters. The Morgan fingerprint density at radius 1 is 1.25 bits per heavy atom. The molecule has 4 heteroatoms. The molecule has 0 unspecified atom stereocenters. The van der Waals surface area contributed by atoms with Gasteiger partial charge in [-0.3, -0.25) is 0 Å². The molecule has 1 aliphatic rings.